The zero-order valence-electron chi connectivity index (χ0n) is 23.4. The predicted octanol–water partition coefficient (Wildman–Crippen LogP) is 5.94. The van der Waals surface area contributed by atoms with Crippen molar-refractivity contribution in [3.8, 4) is 23.0 Å². The topological polar surface area (TPSA) is 92.8 Å². The largest absolute Gasteiger partial charge is 0.497 e. The van der Waals surface area contributed by atoms with E-state index in [2.05, 4.69) is 4.74 Å². The zero-order valence-corrected chi connectivity index (χ0v) is 24.2. The van der Waals surface area contributed by atoms with E-state index in [4.69, 9.17) is 35.3 Å². The van der Waals surface area contributed by atoms with Crippen LogP contribution in [0.25, 0.3) is 0 Å². The summed E-state index contributed by atoms with van der Waals surface area (Å²) in [6.45, 7) is -1.33. The smallest absolute Gasteiger partial charge is 0.387 e. The van der Waals surface area contributed by atoms with Crippen LogP contribution in [0, 0.1) is 0 Å². The number of halogens is 3. The number of rotatable bonds is 11. The molecule has 2 atom stereocenters. The lowest BCUT2D eigenvalue weighted by molar-refractivity contribution is -0.151. The molecule has 0 bridgehead atoms. The Morgan fingerprint density at radius 2 is 1.79 bits per heavy atom. The number of methoxy groups -OCH3 is 3. The van der Waals surface area contributed by atoms with Gasteiger partial charge in [-0.25, -0.2) is 0 Å². The summed E-state index contributed by atoms with van der Waals surface area (Å²) in [5.74, 6) is -0.407. The van der Waals surface area contributed by atoms with Crippen molar-refractivity contribution in [1.82, 2.24) is 0 Å². The van der Waals surface area contributed by atoms with Gasteiger partial charge in [0.2, 0.25) is 0 Å². The van der Waals surface area contributed by atoms with Crippen LogP contribution in [0.2, 0.25) is 5.02 Å². The van der Waals surface area contributed by atoms with Crippen LogP contribution in [0.3, 0.4) is 0 Å². The van der Waals surface area contributed by atoms with E-state index in [0.29, 0.717) is 33.3 Å². The summed E-state index contributed by atoms with van der Waals surface area (Å²) in [6.07, 6.45) is -2.81. The minimum absolute atomic E-state index is 0.0265. The summed E-state index contributed by atoms with van der Waals surface area (Å²) in [4.78, 5) is 28.2. The van der Waals surface area contributed by atoms with Crippen LogP contribution in [-0.4, -0.2) is 52.5 Å². The summed E-state index contributed by atoms with van der Waals surface area (Å²) in [7, 11) is 4.33. The van der Waals surface area contributed by atoms with Crippen molar-refractivity contribution >= 4 is 29.2 Å². The lowest BCUT2D eigenvalue weighted by Gasteiger charge is -2.26. The highest BCUT2D eigenvalue weighted by atomic mass is 35.5. The molecule has 0 spiro atoms. The van der Waals surface area contributed by atoms with Crippen molar-refractivity contribution in [2.75, 3.05) is 32.8 Å². The molecule has 12 heteroatoms. The van der Waals surface area contributed by atoms with Crippen molar-refractivity contribution in [2.45, 2.75) is 38.7 Å². The number of carbonyl (C=O) groups is 2. The first-order valence-corrected chi connectivity index (χ1v) is 13.3. The number of ether oxygens (including phenoxy) is 6. The van der Waals surface area contributed by atoms with Crippen LogP contribution < -0.4 is 23.8 Å². The monoisotopic (exact) mass is 605 g/mol. The SMILES string of the molecule is CCOC(=O)C[C@H]1O[C@H](c2cccc(OC(F)F)c2OC)c2cc(Cl)ccc2N(Cc2ccc(OC)cc2OC)C1=O. The highest BCUT2D eigenvalue weighted by molar-refractivity contribution is 6.30. The maximum atomic E-state index is 14.1. The molecule has 0 fully saturated rings. The third kappa shape index (κ3) is 6.69. The molecule has 1 aliphatic rings. The summed E-state index contributed by atoms with van der Waals surface area (Å²) in [5, 5.41) is 0.333. The summed E-state index contributed by atoms with van der Waals surface area (Å²) in [5.41, 5.74) is 1.78. The Morgan fingerprint density at radius 1 is 1.00 bits per heavy atom. The Balaban J connectivity index is 1.90. The van der Waals surface area contributed by atoms with Gasteiger partial charge in [-0.2, -0.15) is 8.78 Å². The number of anilines is 1. The molecule has 0 radical (unpaired) electrons. The Labute approximate surface area is 246 Å². The van der Waals surface area contributed by atoms with Crippen molar-refractivity contribution in [2.24, 2.45) is 0 Å². The second kappa shape index (κ2) is 13.7. The van der Waals surface area contributed by atoms with Crippen LogP contribution in [0.15, 0.2) is 54.6 Å². The third-order valence-electron chi connectivity index (χ3n) is 6.60. The van der Waals surface area contributed by atoms with E-state index in [1.807, 2.05) is 0 Å². The number of esters is 1. The minimum Gasteiger partial charge on any atom is -0.497 e. The zero-order chi connectivity index (χ0) is 30.4. The number of hydrogen-bond acceptors (Lipinski definition) is 8. The number of benzene rings is 3. The van der Waals surface area contributed by atoms with Crippen molar-refractivity contribution in [1.29, 1.82) is 0 Å². The average molecular weight is 606 g/mol. The summed E-state index contributed by atoms with van der Waals surface area (Å²) >= 11 is 6.42. The number of alkyl halides is 2. The van der Waals surface area contributed by atoms with E-state index >= 15 is 0 Å². The fourth-order valence-corrected chi connectivity index (χ4v) is 4.96. The number of amides is 1. The third-order valence-corrected chi connectivity index (χ3v) is 6.83. The van der Waals surface area contributed by atoms with Gasteiger partial charge in [0, 0.05) is 27.8 Å². The molecule has 0 aromatic heterocycles. The van der Waals surface area contributed by atoms with Crippen LogP contribution in [0.4, 0.5) is 14.5 Å². The van der Waals surface area contributed by atoms with E-state index in [1.165, 1.54) is 38.4 Å². The van der Waals surface area contributed by atoms with E-state index < -0.39 is 37.1 Å². The fraction of sp³-hybridized carbons (Fsp3) is 0.333. The maximum Gasteiger partial charge on any atom is 0.387 e. The Bertz CT molecular complexity index is 1440. The normalized spacial score (nSPS) is 16.5. The molecular weight excluding hydrogens is 576 g/mol. The first-order valence-electron chi connectivity index (χ1n) is 12.9. The molecule has 1 aliphatic heterocycles. The predicted molar refractivity (Wildman–Crippen MR) is 150 cm³/mol. The van der Waals surface area contributed by atoms with Crippen molar-refractivity contribution in [3.63, 3.8) is 0 Å². The maximum absolute atomic E-state index is 14.1. The van der Waals surface area contributed by atoms with Crippen LogP contribution >= 0.6 is 11.6 Å². The quantitative estimate of drug-likeness (QED) is 0.248. The molecule has 1 amide bonds. The number of fused-ring (bicyclic) bond motifs is 1. The van der Waals surface area contributed by atoms with Gasteiger partial charge in [-0.05, 0) is 43.3 Å². The highest BCUT2D eigenvalue weighted by Gasteiger charge is 2.39. The molecule has 0 N–H and O–H groups in total. The van der Waals surface area contributed by atoms with E-state index in [1.54, 1.807) is 49.4 Å². The lowest BCUT2D eigenvalue weighted by Crippen LogP contribution is -2.40. The molecule has 0 aliphatic carbocycles. The first-order chi connectivity index (χ1) is 20.2. The van der Waals surface area contributed by atoms with E-state index in [-0.39, 0.29) is 30.2 Å². The van der Waals surface area contributed by atoms with Crippen LogP contribution in [0.1, 0.15) is 36.1 Å². The average Bonchev–Trinajstić information content (AvgIpc) is 3.07. The first kappa shape index (κ1) is 30.9. The highest BCUT2D eigenvalue weighted by Crippen LogP contribution is 2.46. The molecule has 42 heavy (non-hydrogen) atoms. The van der Waals surface area contributed by atoms with Gasteiger partial charge in [-0.3, -0.25) is 9.59 Å². The molecule has 0 unspecified atom stereocenters. The van der Waals surface area contributed by atoms with E-state index in [9.17, 15) is 18.4 Å². The minimum atomic E-state index is -3.11. The van der Waals surface area contributed by atoms with Gasteiger partial charge in [0.15, 0.2) is 11.5 Å². The van der Waals surface area contributed by atoms with Crippen molar-refractivity contribution < 1.29 is 46.8 Å². The molecular formula is C30H30ClF2NO8. The van der Waals surface area contributed by atoms with Gasteiger partial charge in [-0.1, -0.05) is 23.7 Å². The van der Waals surface area contributed by atoms with Crippen LogP contribution in [-0.2, 0) is 25.6 Å². The van der Waals surface area contributed by atoms with Crippen LogP contribution in [0.5, 0.6) is 23.0 Å². The molecule has 3 aromatic carbocycles. The molecule has 0 saturated carbocycles. The second-order valence-electron chi connectivity index (χ2n) is 9.08. The molecule has 3 aromatic rings. The Kier molecular flexibility index (Phi) is 10.1. The Morgan fingerprint density at radius 3 is 2.45 bits per heavy atom. The molecule has 4 rings (SSSR count). The van der Waals surface area contributed by atoms with Gasteiger partial charge in [-0.15, -0.1) is 0 Å². The van der Waals surface area contributed by atoms with Gasteiger partial charge >= 0.3 is 12.6 Å². The van der Waals surface area contributed by atoms with E-state index in [0.717, 1.165) is 0 Å². The molecule has 1 heterocycles. The number of nitrogens with zero attached hydrogens (tertiary/aromatic N) is 1. The standard InChI is InChI=1S/C30H30ClF2NO8/c1-5-40-26(35)15-25-29(36)34(16-17-9-11-19(37-2)14-24(17)38-3)22-12-10-18(31)13-21(22)27(41-25)20-7-6-8-23(28(20)39-4)42-30(32)33/h6-14,25,27,30H,5,15-16H2,1-4H3/t25-,27-/m1/s1. The summed E-state index contributed by atoms with van der Waals surface area (Å²) in [6, 6.07) is 14.5. The van der Waals surface area contributed by atoms with Gasteiger partial charge in [0.1, 0.15) is 23.7 Å². The molecule has 9 nitrogen and oxygen atoms in total. The van der Waals surface area contributed by atoms with Gasteiger partial charge in [0.25, 0.3) is 5.91 Å². The fourth-order valence-electron chi connectivity index (χ4n) is 4.78. The Hall–Kier alpha value is -4.09. The van der Waals surface area contributed by atoms with Crippen molar-refractivity contribution in [3.05, 3.63) is 76.3 Å². The van der Waals surface area contributed by atoms with Gasteiger partial charge in [0.05, 0.1) is 46.6 Å². The van der Waals surface area contributed by atoms with Gasteiger partial charge < -0.3 is 33.3 Å². The number of carbonyl (C=O) groups excluding carboxylic acids is 2. The number of para-hydroxylation sites is 1. The lowest BCUT2D eigenvalue weighted by atomic mass is 9.97. The molecule has 0 saturated heterocycles. The molecule has 224 valence electrons. The summed E-state index contributed by atoms with van der Waals surface area (Å²) < 4.78 is 58.9. The second-order valence-corrected chi connectivity index (χ2v) is 9.51. The number of hydrogen-bond donors (Lipinski definition) is 0.